The smallest absolute Gasteiger partial charge is 0.325 e. The van der Waals surface area contributed by atoms with Gasteiger partial charge in [-0.25, -0.2) is 9.18 Å². The van der Waals surface area contributed by atoms with E-state index in [2.05, 4.69) is 26.1 Å². The van der Waals surface area contributed by atoms with Gasteiger partial charge in [-0.2, -0.15) is 0 Å². The normalized spacial score (nSPS) is 10.3. The number of aryl methyl sites for hydroxylation is 1. The van der Waals surface area contributed by atoms with Crippen molar-refractivity contribution in [3.63, 3.8) is 0 Å². The second-order valence-electron chi connectivity index (χ2n) is 5.53. The summed E-state index contributed by atoms with van der Waals surface area (Å²) in [6.07, 6.45) is 3.24. The molecule has 0 bridgehead atoms. The highest BCUT2D eigenvalue weighted by atomic mass is 19.1. The number of urea groups is 1. The van der Waals surface area contributed by atoms with Gasteiger partial charge >= 0.3 is 6.03 Å². The van der Waals surface area contributed by atoms with Gasteiger partial charge < -0.3 is 19.9 Å². The summed E-state index contributed by atoms with van der Waals surface area (Å²) in [5.74, 6) is 0.276. The summed E-state index contributed by atoms with van der Waals surface area (Å²) in [7, 11) is 0. The molecule has 0 fully saturated rings. The van der Waals surface area contributed by atoms with E-state index in [1.807, 2.05) is 0 Å². The maximum Gasteiger partial charge on any atom is 0.325 e. The van der Waals surface area contributed by atoms with Crippen molar-refractivity contribution in [3.8, 4) is 5.75 Å². The molecule has 0 aliphatic rings. The molecule has 3 rings (SSSR count). The lowest BCUT2D eigenvalue weighted by molar-refractivity contribution is 0.262. The lowest BCUT2D eigenvalue weighted by atomic mass is 10.2. The third-order valence-electron chi connectivity index (χ3n) is 3.43. The highest BCUT2D eigenvalue weighted by Crippen LogP contribution is 2.32. The highest BCUT2D eigenvalue weighted by molar-refractivity contribution is 6.01. The summed E-state index contributed by atoms with van der Waals surface area (Å²) in [5.41, 5.74) is 1.33. The first-order valence-electron chi connectivity index (χ1n) is 8.20. The van der Waals surface area contributed by atoms with Crippen molar-refractivity contribution in [2.45, 2.75) is 13.8 Å². The van der Waals surface area contributed by atoms with Crippen molar-refractivity contribution >= 4 is 28.9 Å². The Morgan fingerprint density at radius 1 is 1.26 bits per heavy atom. The number of rotatable bonds is 6. The first kappa shape index (κ1) is 18.2. The van der Waals surface area contributed by atoms with Gasteiger partial charge in [-0.1, -0.05) is 5.16 Å². The molecule has 0 spiro atoms. The number of nitrogens with one attached hydrogen (secondary N) is 3. The van der Waals surface area contributed by atoms with Crippen LogP contribution in [0.15, 0.2) is 47.2 Å². The fraction of sp³-hybridized carbons (Fsp3) is 0.167. The van der Waals surface area contributed by atoms with Gasteiger partial charge in [-0.15, -0.1) is 0 Å². The van der Waals surface area contributed by atoms with Gasteiger partial charge in [0.05, 0.1) is 29.9 Å². The van der Waals surface area contributed by atoms with Crippen molar-refractivity contribution in [3.05, 3.63) is 54.3 Å². The van der Waals surface area contributed by atoms with Crippen LogP contribution in [0.25, 0.3) is 0 Å². The van der Waals surface area contributed by atoms with Crippen LogP contribution in [-0.4, -0.2) is 22.8 Å². The van der Waals surface area contributed by atoms with E-state index in [4.69, 9.17) is 9.26 Å². The largest absolute Gasteiger partial charge is 0.491 e. The van der Waals surface area contributed by atoms with E-state index in [0.717, 1.165) is 0 Å². The summed E-state index contributed by atoms with van der Waals surface area (Å²) in [4.78, 5) is 16.2. The molecule has 0 radical (unpaired) electrons. The van der Waals surface area contributed by atoms with Crippen LogP contribution in [0.3, 0.4) is 0 Å². The van der Waals surface area contributed by atoms with E-state index in [0.29, 0.717) is 23.7 Å². The Kier molecular flexibility index (Phi) is 5.50. The predicted octanol–water partition coefficient (Wildman–Crippen LogP) is 4.30. The van der Waals surface area contributed by atoms with Crippen LogP contribution >= 0.6 is 0 Å². The minimum atomic E-state index is -0.596. The van der Waals surface area contributed by atoms with Gasteiger partial charge in [-0.05, 0) is 26.0 Å². The van der Waals surface area contributed by atoms with Gasteiger partial charge in [0.2, 0.25) is 0 Å². The van der Waals surface area contributed by atoms with E-state index in [-0.39, 0.29) is 17.3 Å². The first-order chi connectivity index (χ1) is 13.0. The standard InChI is InChI=1S/C18H18FN5O3/c1-3-26-16-9-15(21-12-5-4-6-20-10-12)14(8-13(16)19)22-18(25)23-17-7-11(2)27-24-17/h4-10,21H,3H2,1-2H3,(H2,22,23,24,25). The van der Waals surface area contributed by atoms with E-state index >= 15 is 0 Å². The van der Waals surface area contributed by atoms with Gasteiger partial charge in [0.25, 0.3) is 0 Å². The third-order valence-corrected chi connectivity index (χ3v) is 3.43. The number of amides is 2. The average molecular weight is 371 g/mol. The van der Waals surface area contributed by atoms with Crippen LogP contribution in [0.5, 0.6) is 5.75 Å². The van der Waals surface area contributed by atoms with Crippen molar-refractivity contribution in [2.24, 2.45) is 0 Å². The summed E-state index contributed by atoms with van der Waals surface area (Å²) in [6.45, 7) is 3.77. The van der Waals surface area contributed by atoms with Crippen molar-refractivity contribution in [2.75, 3.05) is 22.6 Å². The molecule has 2 amide bonds. The zero-order valence-corrected chi connectivity index (χ0v) is 14.7. The number of hydrogen-bond acceptors (Lipinski definition) is 6. The van der Waals surface area contributed by atoms with E-state index in [1.165, 1.54) is 12.1 Å². The van der Waals surface area contributed by atoms with Crippen molar-refractivity contribution < 1.29 is 18.4 Å². The van der Waals surface area contributed by atoms with Gasteiger partial charge in [0, 0.05) is 24.4 Å². The number of anilines is 4. The molecule has 0 saturated heterocycles. The van der Waals surface area contributed by atoms with Crippen LogP contribution < -0.4 is 20.7 Å². The van der Waals surface area contributed by atoms with Crippen LogP contribution in [0.4, 0.5) is 32.1 Å². The highest BCUT2D eigenvalue weighted by Gasteiger charge is 2.14. The molecule has 3 aromatic rings. The third kappa shape index (κ3) is 4.72. The number of hydrogen-bond donors (Lipinski definition) is 3. The van der Waals surface area contributed by atoms with Gasteiger partial charge in [0.1, 0.15) is 5.76 Å². The maximum absolute atomic E-state index is 14.3. The fourth-order valence-corrected chi connectivity index (χ4v) is 2.31. The van der Waals surface area contributed by atoms with E-state index in [9.17, 15) is 9.18 Å². The Balaban J connectivity index is 1.85. The van der Waals surface area contributed by atoms with Crippen LogP contribution in [0, 0.1) is 12.7 Å². The van der Waals surface area contributed by atoms with Crippen molar-refractivity contribution in [1.82, 2.24) is 10.1 Å². The lowest BCUT2D eigenvalue weighted by Crippen LogP contribution is -2.20. The number of aromatic nitrogens is 2. The lowest BCUT2D eigenvalue weighted by Gasteiger charge is -2.15. The Morgan fingerprint density at radius 3 is 2.78 bits per heavy atom. The predicted molar refractivity (Wildman–Crippen MR) is 99.0 cm³/mol. The molecule has 0 aliphatic heterocycles. The van der Waals surface area contributed by atoms with Crippen molar-refractivity contribution in [1.29, 1.82) is 0 Å². The van der Waals surface area contributed by atoms with Crippen LogP contribution in [0.1, 0.15) is 12.7 Å². The molecule has 3 N–H and O–H groups in total. The molecule has 0 unspecified atom stereocenters. The molecule has 140 valence electrons. The number of carbonyl (C=O) groups excluding carboxylic acids is 1. The molecule has 0 saturated carbocycles. The molecule has 2 heterocycles. The summed E-state index contributed by atoms with van der Waals surface area (Å²) >= 11 is 0. The zero-order valence-electron chi connectivity index (χ0n) is 14.7. The molecule has 0 aliphatic carbocycles. The number of ether oxygens (including phenoxy) is 1. The Bertz CT molecular complexity index is 930. The van der Waals surface area contributed by atoms with E-state index < -0.39 is 11.8 Å². The van der Waals surface area contributed by atoms with E-state index in [1.54, 1.807) is 44.4 Å². The number of halogens is 1. The van der Waals surface area contributed by atoms with Gasteiger partial charge in [-0.3, -0.25) is 10.3 Å². The quantitative estimate of drug-likeness (QED) is 0.597. The minimum Gasteiger partial charge on any atom is -0.491 e. The maximum atomic E-state index is 14.3. The topological polar surface area (TPSA) is 101 Å². The molecule has 27 heavy (non-hydrogen) atoms. The zero-order chi connectivity index (χ0) is 19.2. The number of benzene rings is 1. The Hall–Kier alpha value is -3.62. The molecule has 1 aromatic carbocycles. The first-order valence-corrected chi connectivity index (χ1v) is 8.20. The molecule has 8 nitrogen and oxygen atoms in total. The molecule has 2 aromatic heterocycles. The molecule has 9 heteroatoms. The Morgan fingerprint density at radius 2 is 2.11 bits per heavy atom. The summed E-state index contributed by atoms with van der Waals surface area (Å²) < 4.78 is 24.5. The summed E-state index contributed by atoms with van der Waals surface area (Å²) in [6, 6.07) is 7.16. The molecular formula is C18H18FN5O3. The molecule has 0 atom stereocenters. The number of carbonyl (C=O) groups is 1. The Labute approximate surface area is 154 Å². The fourth-order valence-electron chi connectivity index (χ4n) is 2.31. The average Bonchev–Trinajstić information content (AvgIpc) is 3.04. The summed E-state index contributed by atoms with van der Waals surface area (Å²) in [5, 5.41) is 11.9. The van der Waals surface area contributed by atoms with Gasteiger partial charge in [0.15, 0.2) is 17.4 Å². The second kappa shape index (κ2) is 8.17. The number of nitrogens with zero attached hydrogens (tertiary/aromatic N) is 2. The SMILES string of the molecule is CCOc1cc(Nc2cccnc2)c(NC(=O)Nc2cc(C)on2)cc1F. The monoisotopic (exact) mass is 371 g/mol. The number of pyridine rings is 1. The minimum absolute atomic E-state index is 0.0713. The van der Waals surface area contributed by atoms with Crippen LogP contribution in [0.2, 0.25) is 0 Å². The molecular weight excluding hydrogens is 353 g/mol. The second-order valence-corrected chi connectivity index (χ2v) is 5.53. The van der Waals surface area contributed by atoms with Crippen LogP contribution in [-0.2, 0) is 0 Å².